The highest BCUT2D eigenvalue weighted by molar-refractivity contribution is 9.07. The fraction of sp³-hybridized carbons (Fsp3) is 0.500. The van der Waals surface area contributed by atoms with Gasteiger partial charge in [0, 0.05) is 0 Å². The second kappa shape index (κ2) is 6.48. The van der Waals surface area contributed by atoms with Gasteiger partial charge in [0.15, 0.2) is 0 Å². The summed E-state index contributed by atoms with van der Waals surface area (Å²) in [6.07, 6.45) is 1.90. The molecule has 0 aliphatic carbocycles. The van der Waals surface area contributed by atoms with Gasteiger partial charge in [0.05, 0.1) is 0 Å². The van der Waals surface area contributed by atoms with Crippen molar-refractivity contribution in [3.63, 3.8) is 0 Å². The number of phosphoric acid groups is 1. The van der Waals surface area contributed by atoms with Crippen LogP contribution in [0.15, 0.2) is 11.3 Å². The molecule has 0 atom stereocenters. The quantitative estimate of drug-likeness (QED) is 0.570. The van der Waals surface area contributed by atoms with Gasteiger partial charge in [-0.1, -0.05) is 11.3 Å². The van der Waals surface area contributed by atoms with Crippen LogP contribution < -0.4 is 0 Å². The zero-order chi connectivity index (χ0) is 9.61. The van der Waals surface area contributed by atoms with E-state index < -0.39 is 17.6 Å². The summed E-state index contributed by atoms with van der Waals surface area (Å²) in [4.78, 5) is 0. The van der Waals surface area contributed by atoms with Gasteiger partial charge in [0.25, 0.3) is 0 Å². The fourth-order valence-corrected chi connectivity index (χ4v) is 4.60. The molecule has 0 radical (unpaired) electrons. The Hall–Kier alpha value is 1.03. The van der Waals surface area contributed by atoms with Gasteiger partial charge in [-0.25, -0.2) is 11.8 Å². The van der Waals surface area contributed by atoms with Crippen LogP contribution >= 0.6 is 40.3 Å². The first-order valence-electron chi connectivity index (χ1n) is 3.05. The minimum absolute atomic E-state index is 1.00. The number of hydrogen-bond acceptors (Lipinski definition) is 4. The third-order valence-corrected chi connectivity index (χ3v) is 6.22. The average molecular weight is 340 g/mol. The van der Waals surface area contributed by atoms with Crippen molar-refractivity contribution in [2.45, 2.75) is 13.8 Å². The lowest BCUT2D eigenvalue weighted by Gasteiger charge is -2.09. The summed E-state index contributed by atoms with van der Waals surface area (Å²) in [5, 5.41) is 1.07. The molecule has 0 bridgehead atoms. The standard InChI is InChI=1S/C4H9Br2O4PSi/c1-3-4(2)12-10-11(7,8-5)9-6/h3H,12H2,1-2H3. The largest absolute Gasteiger partial charge is 0.486 e. The molecule has 0 spiro atoms. The Morgan fingerprint density at radius 2 is 2.00 bits per heavy atom. The first-order chi connectivity index (χ1) is 5.58. The Balaban J connectivity index is 3.98. The first kappa shape index (κ1) is 13.0. The predicted molar refractivity (Wildman–Crippen MR) is 56.7 cm³/mol. The van der Waals surface area contributed by atoms with Crippen molar-refractivity contribution in [2.24, 2.45) is 0 Å². The van der Waals surface area contributed by atoms with Gasteiger partial charge >= 0.3 is 7.82 Å². The maximum atomic E-state index is 11.2. The lowest BCUT2D eigenvalue weighted by molar-refractivity contribution is 0.351. The van der Waals surface area contributed by atoms with Crippen LogP contribution in [0.2, 0.25) is 0 Å². The zero-order valence-corrected chi connectivity index (χ0v) is 12.1. The molecule has 0 unspecified atom stereocenters. The fourth-order valence-electron chi connectivity index (χ4n) is 0.315. The van der Waals surface area contributed by atoms with Crippen molar-refractivity contribution in [1.82, 2.24) is 0 Å². The van der Waals surface area contributed by atoms with Crippen LogP contribution in [0.1, 0.15) is 13.8 Å². The SMILES string of the molecule is CC=C(C)[SiH2]OP(=O)(OBr)OBr. The van der Waals surface area contributed by atoms with Gasteiger partial charge in [-0.2, -0.15) is 0 Å². The molecule has 72 valence electrons. The van der Waals surface area contributed by atoms with E-state index in [2.05, 4.69) is 39.7 Å². The molecule has 0 fully saturated rings. The van der Waals surface area contributed by atoms with Gasteiger partial charge in [-0.05, 0) is 13.8 Å². The summed E-state index contributed by atoms with van der Waals surface area (Å²) >= 11 is 5.13. The Kier molecular flexibility index (Phi) is 7.03. The Bertz CT molecular complexity index is 201. The number of halogens is 2. The molecule has 4 nitrogen and oxygen atoms in total. The maximum absolute atomic E-state index is 11.2. The highest BCUT2D eigenvalue weighted by atomic mass is 79.9. The minimum Gasteiger partial charge on any atom is -0.331 e. The Morgan fingerprint density at radius 1 is 1.50 bits per heavy atom. The van der Waals surface area contributed by atoms with Gasteiger partial charge < -0.3 is 4.21 Å². The molecule has 0 saturated heterocycles. The number of hydrogen-bond donors (Lipinski definition) is 0. The minimum atomic E-state index is -3.39. The third kappa shape index (κ3) is 4.91. The summed E-state index contributed by atoms with van der Waals surface area (Å²) in [5.41, 5.74) is 0. The molecule has 0 aromatic heterocycles. The van der Waals surface area contributed by atoms with Crippen LogP contribution in [0.5, 0.6) is 0 Å². The van der Waals surface area contributed by atoms with Crippen LogP contribution in [-0.4, -0.2) is 9.76 Å². The van der Waals surface area contributed by atoms with Gasteiger partial charge in [-0.15, -0.1) is 0 Å². The molecule has 0 aliphatic heterocycles. The van der Waals surface area contributed by atoms with Gasteiger partial charge in [-0.3, -0.25) is 0 Å². The molecule has 0 heterocycles. The van der Waals surface area contributed by atoms with E-state index in [4.69, 9.17) is 4.21 Å². The molecular weight excluding hydrogens is 331 g/mol. The van der Waals surface area contributed by atoms with E-state index in [1.807, 2.05) is 19.9 Å². The van der Waals surface area contributed by atoms with Crippen molar-refractivity contribution < 1.29 is 16.0 Å². The van der Waals surface area contributed by atoms with Crippen molar-refractivity contribution >= 4 is 50.1 Å². The van der Waals surface area contributed by atoms with E-state index in [9.17, 15) is 4.57 Å². The normalized spacial score (nSPS) is 14.5. The molecule has 0 amide bonds. The topological polar surface area (TPSA) is 44.8 Å². The molecular formula is C4H9Br2O4PSi. The van der Waals surface area contributed by atoms with Crippen molar-refractivity contribution in [2.75, 3.05) is 0 Å². The molecule has 0 aliphatic rings. The van der Waals surface area contributed by atoms with E-state index in [0.29, 0.717) is 0 Å². The van der Waals surface area contributed by atoms with E-state index in [1.54, 1.807) is 0 Å². The van der Waals surface area contributed by atoms with Crippen LogP contribution in [0.3, 0.4) is 0 Å². The molecule has 0 aromatic carbocycles. The smallest absolute Gasteiger partial charge is 0.331 e. The van der Waals surface area contributed by atoms with E-state index >= 15 is 0 Å². The second-order valence-electron chi connectivity index (χ2n) is 1.99. The van der Waals surface area contributed by atoms with Crippen molar-refractivity contribution in [3.8, 4) is 0 Å². The van der Waals surface area contributed by atoms with Crippen LogP contribution in [0.4, 0.5) is 0 Å². The van der Waals surface area contributed by atoms with Gasteiger partial charge in [0.1, 0.15) is 32.5 Å². The zero-order valence-electron chi connectivity index (χ0n) is 6.62. The second-order valence-corrected chi connectivity index (χ2v) is 7.34. The number of rotatable bonds is 5. The molecule has 0 rings (SSSR count). The molecule has 0 N–H and O–H groups in total. The van der Waals surface area contributed by atoms with Crippen LogP contribution in [0, 0.1) is 0 Å². The predicted octanol–water partition coefficient (Wildman–Crippen LogP) is 2.77. The van der Waals surface area contributed by atoms with Gasteiger partial charge in [0.2, 0.25) is 9.76 Å². The van der Waals surface area contributed by atoms with Crippen LogP contribution in [-0.2, 0) is 16.0 Å². The molecule has 0 aromatic rings. The summed E-state index contributed by atoms with van der Waals surface area (Å²) in [6, 6.07) is 0. The third-order valence-electron chi connectivity index (χ3n) is 1.11. The maximum Gasteiger partial charge on any atom is 0.486 e. The van der Waals surface area contributed by atoms with Crippen molar-refractivity contribution in [1.29, 1.82) is 0 Å². The highest BCUT2D eigenvalue weighted by Crippen LogP contribution is 2.52. The Morgan fingerprint density at radius 3 is 2.33 bits per heavy atom. The van der Waals surface area contributed by atoms with E-state index in [1.165, 1.54) is 0 Å². The first-order valence-corrected chi connectivity index (χ1v) is 7.09. The molecule has 0 saturated carbocycles. The van der Waals surface area contributed by atoms with E-state index in [0.717, 1.165) is 5.20 Å². The summed E-state index contributed by atoms with van der Waals surface area (Å²) < 4.78 is 24.9. The van der Waals surface area contributed by atoms with E-state index in [-0.39, 0.29) is 0 Å². The number of allylic oxidation sites excluding steroid dienone is 2. The highest BCUT2D eigenvalue weighted by Gasteiger charge is 2.24. The van der Waals surface area contributed by atoms with Crippen molar-refractivity contribution in [3.05, 3.63) is 11.3 Å². The van der Waals surface area contributed by atoms with Crippen LogP contribution in [0.25, 0.3) is 0 Å². The monoisotopic (exact) mass is 338 g/mol. The average Bonchev–Trinajstić information content (AvgIpc) is 2.13. The lowest BCUT2D eigenvalue weighted by Crippen LogP contribution is -1.98. The molecule has 12 heavy (non-hydrogen) atoms. The summed E-state index contributed by atoms with van der Waals surface area (Å²) in [7, 11) is -4.40. The molecule has 8 heteroatoms. The Labute approximate surface area is 91.1 Å². The lowest BCUT2D eigenvalue weighted by atomic mass is 10.6. The summed E-state index contributed by atoms with van der Waals surface area (Å²) in [6.45, 7) is 3.79. The summed E-state index contributed by atoms with van der Waals surface area (Å²) in [5.74, 6) is 0.